The van der Waals surface area contributed by atoms with Crippen LogP contribution in [-0.4, -0.2) is 32.7 Å². The second kappa shape index (κ2) is 9.00. The van der Waals surface area contributed by atoms with E-state index in [9.17, 15) is 9.59 Å². The van der Waals surface area contributed by atoms with Gasteiger partial charge in [0, 0.05) is 30.2 Å². The molecule has 0 radical (unpaired) electrons. The molecule has 1 amide bonds. The fraction of sp³-hybridized carbons (Fsp3) is 0.174. The molecule has 2 aromatic carbocycles. The fourth-order valence-corrected chi connectivity index (χ4v) is 4.24. The van der Waals surface area contributed by atoms with Crippen LogP contribution in [0.1, 0.15) is 5.56 Å². The van der Waals surface area contributed by atoms with Gasteiger partial charge in [0.15, 0.2) is 5.16 Å². The van der Waals surface area contributed by atoms with Crippen LogP contribution in [0.15, 0.2) is 77.3 Å². The number of carbonyl (C=O) groups excluding carboxylic acids is 1. The Morgan fingerprint density at radius 3 is 2.77 bits per heavy atom. The number of nitrogens with zero attached hydrogens (tertiary/aromatic N) is 2. The van der Waals surface area contributed by atoms with E-state index in [1.165, 1.54) is 22.7 Å². The summed E-state index contributed by atoms with van der Waals surface area (Å²) in [6.45, 7) is 4.62. The third-order valence-corrected chi connectivity index (χ3v) is 5.84. The van der Waals surface area contributed by atoms with Gasteiger partial charge in [0.2, 0.25) is 5.91 Å². The van der Waals surface area contributed by atoms with Crippen molar-refractivity contribution >= 4 is 39.5 Å². The minimum atomic E-state index is -0.122. The van der Waals surface area contributed by atoms with E-state index in [0.29, 0.717) is 29.1 Å². The molecule has 30 heavy (non-hydrogen) atoms. The minimum Gasteiger partial charge on any atom is -0.361 e. The molecule has 0 aliphatic rings. The summed E-state index contributed by atoms with van der Waals surface area (Å²) in [5, 5.41) is 5.21. The maximum absolute atomic E-state index is 12.8. The molecule has 2 heterocycles. The van der Waals surface area contributed by atoms with Gasteiger partial charge < -0.3 is 10.3 Å². The van der Waals surface area contributed by atoms with E-state index in [2.05, 4.69) is 27.9 Å². The predicted molar refractivity (Wildman–Crippen MR) is 122 cm³/mol. The summed E-state index contributed by atoms with van der Waals surface area (Å²) in [5.74, 6) is 0.0999. The number of rotatable bonds is 8. The molecule has 0 saturated carbocycles. The zero-order valence-electron chi connectivity index (χ0n) is 16.4. The first-order valence-electron chi connectivity index (χ1n) is 9.72. The van der Waals surface area contributed by atoms with Crippen molar-refractivity contribution in [2.45, 2.75) is 18.1 Å². The van der Waals surface area contributed by atoms with Crippen LogP contribution >= 0.6 is 11.8 Å². The SMILES string of the molecule is C=CCn1c(SCC(=O)NCCc2c[nH]c3ccccc23)nc2ccccc2c1=O. The van der Waals surface area contributed by atoms with Crippen LogP contribution in [0.3, 0.4) is 0 Å². The van der Waals surface area contributed by atoms with Gasteiger partial charge in [-0.3, -0.25) is 14.2 Å². The van der Waals surface area contributed by atoms with Crippen LogP contribution in [0.2, 0.25) is 0 Å². The van der Waals surface area contributed by atoms with Gasteiger partial charge >= 0.3 is 0 Å². The van der Waals surface area contributed by atoms with E-state index in [1.54, 1.807) is 22.8 Å². The number of hydrogen-bond donors (Lipinski definition) is 2. The highest BCUT2D eigenvalue weighted by atomic mass is 32.2. The van der Waals surface area contributed by atoms with E-state index in [-0.39, 0.29) is 17.2 Å². The standard InChI is InChI=1S/C23H22N4O2S/c1-2-13-27-22(29)18-8-4-6-10-20(18)26-23(27)30-15-21(28)24-12-11-16-14-25-19-9-5-3-7-17(16)19/h2-10,14,25H,1,11-13,15H2,(H,24,28). The number of aromatic amines is 1. The van der Waals surface area contributed by atoms with Crippen molar-refractivity contribution in [2.24, 2.45) is 0 Å². The summed E-state index contributed by atoms with van der Waals surface area (Å²) >= 11 is 1.26. The van der Waals surface area contributed by atoms with E-state index in [1.807, 2.05) is 36.5 Å². The van der Waals surface area contributed by atoms with Crippen LogP contribution in [-0.2, 0) is 17.8 Å². The van der Waals surface area contributed by atoms with Crippen molar-refractivity contribution in [1.82, 2.24) is 19.9 Å². The molecule has 0 fully saturated rings. The quantitative estimate of drug-likeness (QED) is 0.261. The lowest BCUT2D eigenvalue weighted by molar-refractivity contribution is -0.118. The van der Waals surface area contributed by atoms with Gasteiger partial charge in [-0.05, 0) is 30.2 Å². The Morgan fingerprint density at radius 2 is 1.93 bits per heavy atom. The lowest BCUT2D eigenvalue weighted by Gasteiger charge is -2.11. The molecule has 6 nitrogen and oxygen atoms in total. The molecule has 2 N–H and O–H groups in total. The van der Waals surface area contributed by atoms with Crippen molar-refractivity contribution < 1.29 is 4.79 Å². The Kier molecular flexibility index (Phi) is 5.99. The summed E-state index contributed by atoms with van der Waals surface area (Å²) in [6.07, 6.45) is 4.39. The lowest BCUT2D eigenvalue weighted by Crippen LogP contribution is -2.28. The average Bonchev–Trinajstić information content (AvgIpc) is 3.18. The second-order valence-electron chi connectivity index (χ2n) is 6.86. The largest absolute Gasteiger partial charge is 0.361 e. The normalized spacial score (nSPS) is 11.1. The molecule has 152 valence electrons. The fourth-order valence-electron chi connectivity index (χ4n) is 3.40. The number of aromatic nitrogens is 3. The molecule has 0 bridgehead atoms. The molecule has 0 unspecified atom stereocenters. The highest BCUT2D eigenvalue weighted by molar-refractivity contribution is 7.99. The molecule has 0 aliphatic carbocycles. The number of H-pyrrole nitrogens is 1. The highest BCUT2D eigenvalue weighted by Gasteiger charge is 2.12. The smallest absolute Gasteiger partial charge is 0.262 e. The first-order chi connectivity index (χ1) is 14.7. The number of hydrogen-bond acceptors (Lipinski definition) is 4. The van der Waals surface area contributed by atoms with Crippen molar-refractivity contribution in [1.29, 1.82) is 0 Å². The second-order valence-corrected chi connectivity index (χ2v) is 7.81. The van der Waals surface area contributed by atoms with Crippen molar-refractivity contribution in [2.75, 3.05) is 12.3 Å². The predicted octanol–water partition coefficient (Wildman–Crippen LogP) is 3.51. The number of allylic oxidation sites excluding steroid dienone is 1. The molecule has 0 aliphatic heterocycles. The van der Waals surface area contributed by atoms with E-state index in [4.69, 9.17) is 0 Å². The molecule has 0 saturated heterocycles. The first kappa shape index (κ1) is 20.0. The van der Waals surface area contributed by atoms with Crippen molar-refractivity contribution in [3.05, 3.63) is 83.3 Å². The Bertz CT molecular complexity index is 1280. The number of nitrogens with one attached hydrogen (secondary N) is 2. The number of para-hydroxylation sites is 2. The van der Waals surface area contributed by atoms with Crippen LogP contribution in [0.4, 0.5) is 0 Å². The Hall–Kier alpha value is -3.32. The molecule has 4 aromatic rings. The van der Waals surface area contributed by atoms with Crippen LogP contribution in [0.25, 0.3) is 21.8 Å². The topological polar surface area (TPSA) is 79.8 Å². The van der Waals surface area contributed by atoms with E-state index >= 15 is 0 Å². The third kappa shape index (κ3) is 4.16. The maximum atomic E-state index is 12.8. The number of benzene rings is 2. The summed E-state index contributed by atoms with van der Waals surface area (Å²) < 4.78 is 1.55. The van der Waals surface area contributed by atoms with Gasteiger partial charge in [-0.1, -0.05) is 48.2 Å². The van der Waals surface area contributed by atoms with Gasteiger partial charge in [-0.15, -0.1) is 6.58 Å². The summed E-state index contributed by atoms with van der Waals surface area (Å²) in [7, 11) is 0. The minimum absolute atomic E-state index is 0.0904. The summed E-state index contributed by atoms with van der Waals surface area (Å²) in [6, 6.07) is 15.3. The number of fused-ring (bicyclic) bond motifs is 2. The van der Waals surface area contributed by atoms with E-state index < -0.39 is 0 Å². The Labute approximate surface area is 178 Å². The van der Waals surface area contributed by atoms with Crippen molar-refractivity contribution in [3.63, 3.8) is 0 Å². The molecular formula is C23H22N4O2S. The number of thioether (sulfide) groups is 1. The lowest BCUT2D eigenvalue weighted by atomic mass is 10.1. The van der Waals surface area contributed by atoms with Crippen LogP contribution in [0, 0.1) is 0 Å². The Balaban J connectivity index is 1.40. The monoisotopic (exact) mass is 418 g/mol. The van der Waals surface area contributed by atoms with Crippen LogP contribution < -0.4 is 10.9 Å². The zero-order chi connectivity index (χ0) is 20.9. The Morgan fingerprint density at radius 1 is 1.17 bits per heavy atom. The maximum Gasteiger partial charge on any atom is 0.262 e. The van der Waals surface area contributed by atoms with E-state index in [0.717, 1.165) is 11.9 Å². The molecule has 2 aromatic heterocycles. The third-order valence-electron chi connectivity index (χ3n) is 4.86. The van der Waals surface area contributed by atoms with Crippen molar-refractivity contribution in [3.8, 4) is 0 Å². The number of amides is 1. The molecule has 0 atom stereocenters. The molecule has 4 rings (SSSR count). The van der Waals surface area contributed by atoms with Gasteiger partial charge in [0.05, 0.1) is 16.7 Å². The average molecular weight is 419 g/mol. The molecule has 7 heteroatoms. The molecule has 0 spiro atoms. The number of carbonyl (C=O) groups is 1. The van der Waals surface area contributed by atoms with Gasteiger partial charge in [-0.25, -0.2) is 4.98 Å². The first-order valence-corrected chi connectivity index (χ1v) is 10.7. The summed E-state index contributed by atoms with van der Waals surface area (Å²) in [5.41, 5.74) is 2.78. The van der Waals surface area contributed by atoms with Gasteiger partial charge in [-0.2, -0.15) is 0 Å². The molecular weight excluding hydrogens is 396 g/mol. The van der Waals surface area contributed by atoms with Crippen LogP contribution in [0.5, 0.6) is 0 Å². The van der Waals surface area contributed by atoms with Gasteiger partial charge in [0.1, 0.15) is 0 Å². The van der Waals surface area contributed by atoms with Gasteiger partial charge in [0.25, 0.3) is 5.56 Å². The zero-order valence-corrected chi connectivity index (χ0v) is 17.2. The summed E-state index contributed by atoms with van der Waals surface area (Å²) in [4.78, 5) is 32.9. The highest BCUT2D eigenvalue weighted by Crippen LogP contribution is 2.19.